The summed E-state index contributed by atoms with van der Waals surface area (Å²) in [6, 6.07) is 0. The molecule has 2 aromatic heterocycles. The van der Waals surface area contributed by atoms with E-state index in [1.54, 1.807) is 17.7 Å². The molecule has 3 rings (SSSR count). The second-order valence-electron chi connectivity index (χ2n) is 7.61. The van der Waals surface area contributed by atoms with Gasteiger partial charge in [0.2, 0.25) is 0 Å². The zero-order chi connectivity index (χ0) is 29.0. The van der Waals surface area contributed by atoms with Gasteiger partial charge in [0.15, 0.2) is 0 Å². The number of nitrogens with zero attached hydrogens (tertiary/aromatic N) is 3. The van der Waals surface area contributed by atoms with E-state index in [4.69, 9.17) is 25.8 Å². The van der Waals surface area contributed by atoms with E-state index in [0.717, 1.165) is 0 Å². The molecule has 218 valence electrons. The Bertz CT molecular complexity index is 1380. The van der Waals surface area contributed by atoms with Crippen molar-refractivity contribution in [1.82, 2.24) is 14.5 Å². The summed E-state index contributed by atoms with van der Waals surface area (Å²) in [6.07, 6.45) is 2.22. The number of rotatable bonds is 12. The zero-order valence-electron chi connectivity index (χ0n) is 20.2. The van der Waals surface area contributed by atoms with Crippen LogP contribution in [0.3, 0.4) is 0 Å². The normalized spacial score (nSPS) is 24.8. The molecule has 5 N–H and O–H groups in total. The standard InChI is InChI=1S/C17H26N5O12P3S2/c1-10(39-38-2)31-12-6-14(22-7-11(4-3-5-18)15-16(19)20-9-21-17(15)22)32-13(12)8-30-36(26,27)34-37(28,29)33-35(23,24)25/h7,9-10,12-14H,5-6,8,18H2,1-2H3,(H,26,27)(H,28,29)(H2,19,20,21)(H2,23,24,25)/p-3/t10-,12?,13-,14-/m1/s1. The summed E-state index contributed by atoms with van der Waals surface area (Å²) in [4.78, 5) is 51.0. The van der Waals surface area contributed by atoms with E-state index in [2.05, 4.69) is 35.0 Å². The van der Waals surface area contributed by atoms with Gasteiger partial charge in [-0.2, -0.15) is 0 Å². The Kier molecular flexibility index (Phi) is 11.1. The summed E-state index contributed by atoms with van der Waals surface area (Å²) >= 11 is 0. The second-order valence-corrected chi connectivity index (χ2v) is 14.7. The van der Waals surface area contributed by atoms with Gasteiger partial charge in [0, 0.05) is 12.6 Å². The first-order valence-electron chi connectivity index (χ1n) is 10.7. The molecular formula is C17H23N5O12P3S2-3. The third kappa shape index (κ3) is 9.23. The van der Waals surface area contributed by atoms with Crippen LogP contribution < -0.4 is 26.1 Å². The second kappa shape index (κ2) is 13.3. The molecule has 1 aliphatic heterocycles. The van der Waals surface area contributed by atoms with Crippen LogP contribution in [-0.2, 0) is 36.3 Å². The summed E-state index contributed by atoms with van der Waals surface area (Å²) < 4.78 is 59.4. The molecule has 7 atom stereocenters. The van der Waals surface area contributed by atoms with Crippen LogP contribution in [0.2, 0.25) is 0 Å². The Hall–Kier alpha value is -1.03. The van der Waals surface area contributed by atoms with Crippen molar-refractivity contribution < 1.29 is 55.9 Å². The van der Waals surface area contributed by atoms with Crippen molar-refractivity contribution in [1.29, 1.82) is 0 Å². The SMILES string of the molecule is CSS[C@H](C)OC1C[C@H](n2cc(C#CCN)c3c(N)ncnc32)O[C@@H]1COP(=O)([O-])OP(=O)([O-])OP(=O)([O-])O. The molecule has 1 saturated heterocycles. The van der Waals surface area contributed by atoms with Crippen LogP contribution >= 0.6 is 45.1 Å². The summed E-state index contributed by atoms with van der Waals surface area (Å²) in [5, 5.41) is 0.453. The number of phosphoric ester groups is 1. The number of nitrogens with two attached hydrogens (primary N) is 2. The molecule has 0 aromatic carbocycles. The maximum absolute atomic E-state index is 12.1. The first-order chi connectivity index (χ1) is 18.1. The van der Waals surface area contributed by atoms with Gasteiger partial charge >= 0.3 is 0 Å². The summed E-state index contributed by atoms with van der Waals surface area (Å²) in [6.45, 7) is 1.06. The molecule has 4 unspecified atom stereocenters. The molecular weight excluding hydrogens is 623 g/mol. The average Bonchev–Trinajstić information content (AvgIpc) is 3.36. The molecule has 1 aliphatic rings. The largest absolute Gasteiger partial charge is 0.756 e. The molecule has 0 bridgehead atoms. The molecule has 0 amide bonds. The fourth-order valence-corrected chi connectivity index (χ4v) is 7.89. The smallest absolute Gasteiger partial charge is 0.280 e. The molecule has 17 nitrogen and oxygen atoms in total. The van der Waals surface area contributed by atoms with Crippen molar-refractivity contribution in [2.45, 2.75) is 37.2 Å². The molecule has 1 fully saturated rings. The zero-order valence-corrected chi connectivity index (χ0v) is 24.5. The molecule has 0 radical (unpaired) electrons. The number of fused-ring (bicyclic) bond motifs is 1. The highest BCUT2D eigenvalue weighted by molar-refractivity contribution is 8.76. The third-order valence-electron chi connectivity index (χ3n) is 4.85. The topological polar surface area (TPSA) is 270 Å². The average molecular weight is 646 g/mol. The van der Waals surface area contributed by atoms with Gasteiger partial charge in [-0.05, 0) is 13.2 Å². The summed E-state index contributed by atoms with van der Waals surface area (Å²) in [5.41, 5.74) is 12.0. The first-order valence-corrected chi connectivity index (χ1v) is 17.7. The van der Waals surface area contributed by atoms with Gasteiger partial charge in [-0.15, -0.1) is 0 Å². The third-order valence-corrected chi connectivity index (χ3v) is 10.5. The van der Waals surface area contributed by atoms with E-state index in [1.165, 1.54) is 27.9 Å². The van der Waals surface area contributed by atoms with Gasteiger partial charge < -0.3 is 49.6 Å². The van der Waals surface area contributed by atoms with Gasteiger partial charge in [0.05, 0.1) is 30.2 Å². The molecule has 39 heavy (non-hydrogen) atoms. The lowest BCUT2D eigenvalue weighted by molar-refractivity contribution is -0.250. The highest BCUT2D eigenvalue weighted by atomic mass is 33.1. The van der Waals surface area contributed by atoms with Crippen molar-refractivity contribution >= 4 is 61.9 Å². The lowest BCUT2D eigenvalue weighted by atomic mass is 10.2. The van der Waals surface area contributed by atoms with Gasteiger partial charge in [0.1, 0.15) is 35.6 Å². The van der Waals surface area contributed by atoms with Crippen LogP contribution in [-0.4, -0.2) is 56.5 Å². The number of phosphoric acid groups is 3. The predicted molar refractivity (Wildman–Crippen MR) is 135 cm³/mol. The number of hydrogen-bond donors (Lipinski definition) is 3. The fraction of sp³-hybridized carbons (Fsp3) is 0.529. The van der Waals surface area contributed by atoms with Crippen LogP contribution in [0.4, 0.5) is 5.82 Å². The Morgan fingerprint density at radius 3 is 2.64 bits per heavy atom. The minimum absolute atomic E-state index is 0.0871. The van der Waals surface area contributed by atoms with Crippen LogP contribution in [0.1, 0.15) is 25.1 Å². The van der Waals surface area contributed by atoms with Crippen molar-refractivity contribution in [2.24, 2.45) is 5.73 Å². The quantitative estimate of drug-likeness (QED) is 0.117. The Morgan fingerprint density at radius 1 is 1.28 bits per heavy atom. The number of nitrogen functional groups attached to an aromatic ring is 1. The van der Waals surface area contributed by atoms with E-state index in [1.807, 2.05) is 6.26 Å². The van der Waals surface area contributed by atoms with E-state index < -0.39 is 48.5 Å². The molecule has 0 aliphatic carbocycles. The molecule has 3 heterocycles. The lowest BCUT2D eigenvalue weighted by Gasteiger charge is -2.33. The molecule has 2 aromatic rings. The van der Waals surface area contributed by atoms with E-state index >= 15 is 0 Å². The summed E-state index contributed by atoms with van der Waals surface area (Å²) in [5.74, 6) is 5.78. The van der Waals surface area contributed by atoms with Gasteiger partial charge in [-0.3, -0.25) is 13.7 Å². The number of hydrogen-bond acceptors (Lipinski definition) is 17. The van der Waals surface area contributed by atoms with Gasteiger partial charge in [-0.25, -0.2) is 18.6 Å². The van der Waals surface area contributed by atoms with E-state index in [-0.39, 0.29) is 24.2 Å². The lowest BCUT2D eigenvalue weighted by Crippen LogP contribution is -2.31. The van der Waals surface area contributed by atoms with Crippen molar-refractivity contribution in [3.05, 3.63) is 18.1 Å². The number of ether oxygens (including phenoxy) is 2. The van der Waals surface area contributed by atoms with E-state index in [0.29, 0.717) is 16.6 Å². The maximum Gasteiger partial charge on any atom is 0.280 e. The number of anilines is 1. The van der Waals surface area contributed by atoms with Crippen molar-refractivity contribution in [3.8, 4) is 11.8 Å². The fourth-order valence-electron chi connectivity index (χ4n) is 3.59. The molecule has 0 saturated carbocycles. The minimum atomic E-state index is -6.05. The summed E-state index contributed by atoms with van der Waals surface area (Å²) in [7, 11) is -14.8. The van der Waals surface area contributed by atoms with Crippen molar-refractivity contribution in [2.75, 3.05) is 25.1 Å². The Labute approximate surface area is 230 Å². The maximum atomic E-state index is 12.1. The van der Waals surface area contributed by atoms with Gasteiger partial charge in [0.25, 0.3) is 23.5 Å². The van der Waals surface area contributed by atoms with Gasteiger partial charge in [-0.1, -0.05) is 33.4 Å². The molecule has 22 heteroatoms. The Morgan fingerprint density at radius 2 is 2.00 bits per heavy atom. The van der Waals surface area contributed by atoms with Crippen molar-refractivity contribution in [3.63, 3.8) is 0 Å². The highest BCUT2D eigenvalue weighted by Gasteiger charge is 2.40. The predicted octanol–water partition coefficient (Wildman–Crippen LogP) is -0.199. The van der Waals surface area contributed by atoms with Crippen LogP contribution in [0, 0.1) is 11.8 Å². The number of aromatic nitrogens is 3. The van der Waals surface area contributed by atoms with Crippen LogP contribution in [0.15, 0.2) is 12.5 Å². The Balaban J connectivity index is 1.85. The molecule has 0 spiro atoms. The van der Waals surface area contributed by atoms with E-state index in [9.17, 15) is 28.4 Å². The monoisotopic (exact) mass is 646 g/mol. The van der Waals surface area contributed by atoms with Crippen LogP contribution in [0.5, 0.6) is 0 Å². The highest BCUT2D eigenvalue weighted by Crippen LogP contribution is 2.61. The van der Waals surface area contributed by atoms with Crippen LogP contribution in [0.25, 0.3) is 11.0 Å². The first kappa shape index (κ1) is 32.5. The minimum Gasteiger partial charge on any atom is -0.756 e.